The molecule has 2 aromatic carbocycles. The fraction of sp³-hybridized carbons (Fsp3) is 0.417. The summed E-state index contributed by atoms with van der Waals surface area (Å²) in [6.45, 7) is 3.81. The number of carbonyl (C=O) groups is 1. The van der Waals surface area contributed by atoms with Crippen LogP contribution in [0.5, 0.6) is 0 Å². The Morgan fingerprint density at radius 1 is 1.16 bits per heavy atom. The van der Waals surface area contributed by atoms with E-state index in [9.17, 15) is 9.18 Å². The van der Waals surface area contributed by atoms with Crippen molar-refractivity contribution >= 4 is 17.5 Å². The predicted octanol–water partition coefficient (Wildman–Crippen LogP) is 4.97. The zero-order chi connectivity index (χ0) is 22.2. The van der Waals surface area contributed by atoms with E-state index in [2.05, 4.69) is 11.4 Å². The second-order valence-corrected chi connectivity index (χ2v) is 8.90. The molecule has 1 saturated heterocycles. The fourth-order valence-electron chi connectivity index (χ4n) is 4.82. The van der Waals surface area contributed by atoms with Gasteiger partial charge in [-0.25, -0.2) is 9.18 Å². The number of rotatable bonds is 4. The highest BCUT2D eigenvalue weighted by atomic mass is 19.1. The number of hydrogen-bond donors (Lipinski definition) is 2. The number of cyclic esters (lactones) is 1. The van der Waals surface area contributed by atoms with E-state index in [1.807, 2.05) is 24.8 Å². The van der Waals surface area contributed by atoms with Crippen LogP contribution in [0.3, 0.4) is 0 Å². The van der Waals surface area contributed by atoms with E-state index in [0.717, 1.165) is 36.9 Å². The van der Waals surface area contributed by atoms with E-state index in [0.29, 0.717) is 11.3 Å². The Bertz CT molecular complexity index is 1010. The average molecular weight is 423 g/mol. The monoisotopic (exact) mass is 422 g/mol. The molecular weight excluding hydrogens is 395 g/mol. The van der Waals surface area contributed by atoms with Gasteiger partial charge >= 0.3 is 6.09 Å². The summed E-state index contributed by atoms with van der Waals surface area (Å²) in [6, 6.07) is 13.7. The molecule has 1 saturated carbocycles. The van der Waals surface area contributed by atoms with Crippen LogP contribution in [0.15, 0.2) is 42.5 Å². The number of anilines is 2. The second-order valence-electron chi connectivity index (χ2n) is 8.90. The van der Waals surface area contributed by atoms with Gasteiger partial charge in [-0.2, -0.15) is 5.26 Å². The number of halogens is 1. The molecule has 1 atom stereocenters. The Hall–Kier alpha value is -3.27. The number of nitriles is 1. The van der Waals surface area contributed by atoms with Crippen LogP contribution in [0.2, 0.25) is 0 Å². The van der Waals surface area contributed by atoms with Crippen LogP contribution in [0.1, 0.15) is 56.7 Å². The SMILES string of the molecule is CC1(C)OC(=O)N(C2CCC(Nc3ccc(C#N)cc3N)CC2)C1c1ccc(F)cc1. The van der Waals surface area contributed by atoms with Crippen molar-refractivity contribution in [2.75, 3.05) is 11.1 Å². The van der Waals surface area contributed by atoms with E-state index < -0.39 is 5.60 Å². The third-order valence-electron chi connectivity index (χ3n) is 6.31. The molecule has 1 aliphatic carbocycles. The van der Waals surface area contributed by atoms with E-state index >= 15 is 0 Å². The van der Waals surface area contributed by atoms with Crippen molar-refractivity contribution in [3.63, 3.8) is 0 Å². The molecule has 1 heterocycles. The molecule has 1 amide bonds. The number of nitrogens with one attached hydrogen (secondary N) is 1. The third kappa shape index (κ3) is 4.15. The minimum atomic E-state index is -0.694. The minimum absolute atomic E-state index is 0.0562. The van der Waals surface area contributed by atoms with Gasteiger partial charge in [0.2, 0.25) is 0 Å². The summed E-state index contributed by atoms with van der Waals surface area (Å²) in [5.41, 5.74) is 8.18. The molecule has 1 aliphatic heterocycles. The standard InChI is InChI=1S/C24H27FN4O2/c1-24(2)22(16-4-6-17(25)7-5-16)29(23(30)31-24)19-10-8-18(9-11-19)28-21-12-3-15(14-26)13-20(21)27/h3-7,12-13,18-19,22,28H,8-11,27H2,1-2H3. The highest BCUT2D eigenvalue weighted by Crippen LogP contribution is 2.44. The Kier molecular flexibility index (Phi) is 5.48. The quantitative estimate of drug-likeness (QED) is 0.679. The summed E-state index contributed by atoms with van der Waals surface area (Å²) in [6.07, 6.45) is 3.11. The van der Waals surface area contributed by atoms with Crippen molar-refractivity contribution in [1.29, 1.82) is 5.26 Å². The first-order valence-electron chi connectivity index (χ1n) is 10.6. The van der Waals surface area contributed by atoms with Gasteiger partial charge in [-0.15, -0.1) is 0 Å². The minimum Gasteiger partial charge on any atom is -0.441 e. The van der Waals surface area contributed by atoms with Gasteiger partial charge in [0.1, 0.15) is 11.4 Å². The van der Waals surface area contributed by atoms with Crippen LogP contribution < -0.4 is 11.1 Å². The molecule has 2 aliphatic rings. The average Bonchev–Trinajstić information content (AvgIpc) is 2.99. The molecule has 4 rings (SSSR count). The van der Waals surface area contributed by atoms with Gasteiger partial charge in [0.05, 0.1) is 29.0 Å². The normalized spacial score (nSPS) is 25.0. The van der Waals surface area contributed by atoms with Crippen molar-refractivity contribution < 1.29 is 13.9 Å². The molecule has 162 valence electrons. The number of nitrogen functional groups attached to an aromatic ring is 1. The summed E-state index contributed by atoms with van der Waals surface area (Å²) in [5, 5.41) is 12.5. The van der Waals surface area contributed by atoms with Crippen molar-refractivity contribution in [2.45, 2.75) is 63.3 Å². The van der Waals surface area contributed by atoms with Gasteiger partial charge < -0.3 is 15.8 Å². The molecular formula is C24H27FN4O2. The number of benzene rings is 2. The van der Waals surface area contributed by atoms with E-state index in [-0.39, 0.29) is 30.0 Å². The van der Waals surface area contributed by atoms with Gasteiger partial charge in [-0.05, 0) is 75.4 Å². The first kappa shape index (κ1) is 21.0. The highest BCUT2D eigenvalue weighted by Gasteiger charge is 2.51. The summed E-state index contributed by atoms with van der Waals surface area (Å²) < 4.78 is 19.2. The van der Waals surface area contributed by atoms with Gasteiger partial charge in [0.15, 0.2) is 0 Å². The number of nitrogens with zero attached hydrogens (tertiary/aromatic N) is 2. The third-order valence-corrected chi connectivity index (χ3v) is 6.31. The predicted molar refractivity (Wildman–Crippen MR) is 117 cm³/mol. The molecule has 0 bridgehead atoms. The summed E-state index contributed by atoms with van der Waals surface area (Å²) in [5.74, 6) is -0.299. The van der Waals surface area contributed by atoms with Gasteiger partial charge in [0, 0.05) is 12.1 Å². The zero-order valence-electron chi connectivity index (χ0n) is 17.8. The van der Waals surface area contributed by atoms with Gasteiger partial charge in [-0.1, -0.05) is 12.1 Å². The van der Waals surface area contributed by atoms with E-state index in [4.69, 9.17) is 15.7 Å². The Morgan fingerprint density at radius 3 is 2.45 bits per heavy atom. The maximum Gasteiger partial charge on any atom is 0.411 e. The molecule has 7 heteroatoms. The number of ether oxygens (including phenoxy) is 1. The Balaban J connectivity index is 1.46. The van der Waals surface area contributed by atoms with Crippen LogP contribution in [-0.2, 0) is 4.74 Å². The van der Waals surface area contributed by atoms with Gasteiger partial charge in [-0.3, -0.25) is 4.90 Å². The van der Waals surface area contributed by atoms with Crippen LogP contribution in [0.25, 0.3) is 0 Å². The van der Waals surface area contributed by atoms with Crippen molar-refractivity contribution in [2.24, 2.45) is 0 Å². The number of carbonyl (C=O) groups excluding carboxylic acids is 1. The summed E-state index contributed by atoms with van der Waals surface area (Å²) >= 11 is 0. The Labute approximate surface area is 181 Å². The van der Waals surface area contributed by atoms with Crippen molar-refractivity contribution in [1.82, 2.24) is 4.90 Å². The van der Waals surface area contributed by atoms with Crippen LogP contribution >= 0.6 is 0 Å². The van der Waals surface area contributed by atoms with E-state index in [1.165, 1.54) is 12.1 Å². The van der Waals surface area contributed by atoms with Crippen LogP contribution in [0.4, 0.5) is 20.6 Å². The topological polar surface area (TPSA) is 91.4 Å². The lowest BCUT2D eigenvalue weighted by Crippen LogP contribution is -2.44. The van der Waals surface area contributed by atoms with E-state index in [1.54, 1.807) is 24.3 Å². The lowest BCUT2D eigenvalue weighted by Gasteiger charge is -2.38. The first-order chi connectivity index (χ1) is 14.8. The van der Waals surface area contributed by atoms with Crippen LogP contribution in [0, 0.1) is 17.1 Å². The largest absolute Gasteiger partial charge is 0.441 e. The van der Waals surface area contributed by atoms with Gasteiger partial charge in [0.25, 0.3) is 0 Å². The molecule has 0 aromatic heterocycles. The zero-order valence-corrected chi connectivity index (χ0v) is 17.8. The molecule has 0 spiro atoms. The van der Waals surface area contributed by atoms with Crippen molar-refractivity contribution in [3.8, 4) is 6.07 Å². The maximum atomic E-state index is 13.4. The summed E-state index contributed by atoms with van der Waals surface area (Å²) in [4.78, 5) is 14.6. The lowest BCUT2D eigenvalue weighted by molar-refractivity contribution is 0.0664. The molecule has 2 aromatic rings. The summed E-state index contributed by atoms with van der Waals surface area (Å²) in [7, 11) is 0. The molecule has 0 radical (unpaired) electrons. The number of amides is 1. The molecule has 3 N–H and O–H groups in total. The fourth-order valence-corrected chi connectivity index (χ4v) is 4.82. The highest BCUT2D eigenvalue weighted by molar-refractivity contribution is 5.72. The maximum absolute atomic E-state index is 13.4. The van der Waals surface area contributed by atoms with Crippen molar-refractivity contribution in [3.05, 3.63) is 59.4 Å². The first-order valence-corrected chi connectivity index (χ1v) is 10.6. The number of hydrogen-bond acceptors (Lipinski definition) is 5. The van der Waals surface area contributed by atoms with Crippen LogP contribution in [-0.4, -0.2) is 28.7 Å². The molecule has 1 unspecified atom stereocenters. The molecule has 31 heavy (non-hydrogen) atoms. The lowest BCUT2D eigenvalue weighted by atomic mass is 9.86. The number of nitrogens with two attached hydrogens (primary N) is 1. The Morgan fingerprint density at radius 2 is 1.84 bits per heavy atom. The second kappa shape index (κ2) is 8.10. The molecule has 2 fully saturated rings. The smallest absolute Gasteiger partial charge is 0.411 e. The molecule has 6 nitrogen and oxygen atoms in total.